The third-order valence-electron chi connectivity index (χ3n) is 11.6. The van der Waals surface area contributed by atoms with Crippen LogP contribution < -0.4 is 10.6 Å². The number of aryl methyl sites for hydroxylation is 2. The minimum absolute atomic E-state index is 0.118. The minimum atomic E-state index is -1.12. The van der Waals surface area contributed by atoms with Crippen molar-refractivity contribution in [3.8, 4) is 0 Å². The molecule has 3 amide bonds. The van der Waals surface area contributed by atoms with Crippen LogP contribution in [0.4, 0.5) is 5.69 Å². The largest absolute Gasteiger partial charge is 0.359 e. The highest BCUT2D eigenvalue weighted by Gasteiger charge is 2.72. The minimum Gasteiger partial charge on any atom is -0.359 e. The molecule has 250 valence electrons. The predicted molar refractivity (Wildman–Crippen MR) is 183 cm³/mol. The van der Waals surface area contributed by atoms with Crippen molar-refractivity contribution in [3.05, 3.63) is 77.4 Å². The first kappa shape index (κ1) is 32.1. The zero-order chi connectivity index (χ0) is 32.5. The predicted octanol–water partition coefficient (Wildman–Crippen LogP) is 5.19. The molecular formula is C39H50N4O4. The van der Waals surface area contributed by atoms with Crippen molar-refractivity contribution in [2.24, 2.45) is 17.8 Å². The second-order valence-electron chi connectivity index (χ2n) is 14.7. The molecule has 1 aliphatic carbocycles. The SMILES string of the molecule is Cc1ccc(NC(=O)C2C3C=CC4(O3)C2C(=O)N(CCCN2CCC(Cc3ccccc3)CC2)C4C(=O)NC2CCCCC2)cc1C. The van der Waals surface area contributed by atoms with Gasteiger partial charge in [0.2, 0.25) is 17.7 Å². The van der Waals surface area contributed by atoms with E-state index in [-0.39, 0.29) is 23.8 Å². The number of hydrogen-bond donors (Lipinski definition) is 2. The molecule has 5 atom stereocenters. The maximum absolute atomic E-state index is 14.4. The topological polar surface area (TPSA) is 91.0 Å². The average Bonchev–Trinajstić information content (AvgIpc) is 3.72. The second kappa shape index (κ2) is 13.6. The van der Waals surface area contributed by atoms with Crippen LogP contribution in [-0.2, 0) is 25.5 Å². The molecule has 5 unspecified atom stereocenters. The smallest absolute Gasteiger partial charge is 0.246 e. The number of piperidine rings is 1. The van der Waals surface area contributed by atoms with Crippen LogP contribution >= 0.6 is 0 Å². The lowest BCUT2D eigenvalue weighted by molar-refractivity contribution is -0.141. The molecule has 2 N–H and O–H groups in total. The zero-order valence-electron chi connectivity index (χ0n) is 28.0. The maximum Gasteiger partial charge on any atom is 0.246 e. The van der Waals surface area contributed by atoms with E-state index in [1.807, 2.05) is 44.2 Å². The Hall–Kier alpha value is -3.49. The van der Waals surface area contributed by atoms with Crippen molar-refractivity contribution in [2.45, 2.75) is 95.4 Å². The van der Waals surface area contributed by atoms with Crippen molar-refractivity contribution in [1.82, 2.24) is 15.1 Å². The van der Waals surface area contributed by atoms with Crippen LogP contribution in [0.15, 0.2) is 60.7 Å². The van der Waals surface area contributed by atoms with Crippen molar-refractivity contribution in [1.29, 1.82) is 0 Å². The molecular weight excluding hydrogens is 588 g/mol. The van der Waals surface area contributed by atoms with Gasteiger partial charge in [0.05, 0.1) is 17.9 Å². The fraction of sp³-hybridized carbons (Fsp3) is 0.564. The molecule has 5 aliphatic rings. The van der Waals surface area contributed by atoms with Crippen molar-refractivity contribution < 1.29 is 19.1 Å². The number of hydrogen-bond acceptors (Lipinski definition) is 5. The summed E-state index contributed by atoms with van der Waals surface area (Å²) in [5, 5.41) is 6.37. The van der Waals surface area contributed by atoms with Gasteiger partial charge < -0.3 is 25.2 Å². The molecule has 3 saturated heterocycles. The second-order valence-corrected chi connectivity index (χ2v) is 14.7. The molecule has 2 bridgehead atoms. The van der Waals surface area contributed by atoms with Crippen LogP contribution in [0.3, 0.4) is 0 Å². The van der Waals surface area contributed by atoms with Crippen LogP contribution in [0.25, 0.3) is 0 Å². The quantitative estimate of drug-likeness (QED) is 0.350. The van der Waals surface area contributed by atoms with Crippen molar-refractivity contribution in [2.75, 3.05) is 31.5 Å². The number of likely N-dealkylation sites (tertiary alicyclic amines) is 2. The zero-order valence-corrected chi connectivity index (χ0v) is 28.0. The Bertz CT molecular complexity index is 1500. The normalized spacial score (nSPS) is 29.3. The molecule has 4 fully saturated rings. The highest BCUT2D eigenvalue weighted by Crippen LogP contribution is 2.55. The lowest BCUT2D eigenvalue weighted by atomic mass is 9.74. The Morgan fingerprint density at radius 1 is 0.915 bits per heavy atom. The van der Waals surface area contributed by atoms with E-state index >= 15 is 0 Å². The van der Waals surface area contributed by atoms with Crippen LogP contribution in [0.2, 0.25) is 0 Å². The van der Waals surface area contributed by atoms with Crippen molar-refractivity contribution >= 4 is 23.4 Å². The number of ether oxygens (including phenoxy) is 1. The summed E-state index contributed by atoms with van der Waals surface area (Å²) in [6.07, 6.45) is 12.9. The van der Waals surface area contributed by atoms with E-state index < -0.39 is 29.6 Å². The molecule has 2 aromatic carbocycles. The van der Waals surface area contributed by atoms with E-state index in [4.69, 9.17) is 4.74 Å². The van der Waals surface area contributed by atoms with E-state index in [1.165, 1.54) is 24.8 Å². The fourth-order valence-electron chi connectivity index (χ4n) is 8.91. The Kier molecular flexibility index (Phi) is 9.25. The first-order valence-electron chi connectivity index (χ1n) is 17.9. The van der Waals surface area contributed by atoms with E-state index in [0.717, 1.165) is 69.3 Å². The molecule has 4 heterocycles. The van der Waals surface area contributed by atoms with Gasteiger partial charge in [0.15, 0.2) is 0 Å². The number of amides is 3. The third kappa shape index (κ3) is 6.39. The summed E-state index contributed by atoms with van der Waals surface area (Å²) in [6.45, 7) is 7.52. The molecule has 2 aromatic rings. The fourth-order valence-corrected chi connectivity index (χ4v) is 8.91. The number of fused-ring (bicyclic) bond motifs is 1. The number of carbonyl (C=O) groups excluding carboxylic acids is 3. The molecule has 0 aromatic heterocycles. The molecule has 4 aliphatic heterocycles. The third-order valence-corrected chi connectivity index (χ3v) is 11.6. The Morgan fingerprint density at radius 2 is 1.68 bits per heavy atom. The molecule has 7 rings (SSSR count). The molecule has 1 spiro atoms. The summed E-state index contributed by atoms with van der Waals surface area (Å²) in [5.74, 6) is -1.22. The van der Waals surface area contributed by atoms with Gasteiger partial charge in [0, 0.05) is 18.3 Å². The molecule has 0 radical (unpaired) electrons. The Morgan fingerprint density at radius 3 is 2.43 bits per heavy atom. The number of carbonyl (C=O) groups is 3. The maximum atomic E-state index is 14.4. The van der Waals surface area contributed by atoms with Gasteiger partial charge in [-0.25, -0.2) is 0 Å². The summed E-state index contributed by atoms with van der Waals surface area (Å²) in [6, 6.07) is 15.9. The number of rotatable bonds is 10. The number of nitrogens with zero attached hydrogens (tertiary/aromatic N) is 2. The van der Waals surface area contributed by atoms with Gasteiger partial charge in [-0.2, -0.15) is 0 Å². The first-order chi connectivity index (χ1) is 22.8. The molecule has 1 saturated carbocycles. The highest BCUT2D eigenvalue weighted by molar-refractivity contribution is 6.02. The van der Waals surface area contributed by atoms with E-state index in [2.05, 4.69) is 45.9 Å². The summed E-state index contributed by atoms with van der Waals surface area (Å²) in [5.41, 5.74) is 3.23. The van der Waals surface area contributed by atoms with E-state index in [0.29, 0.717) is 18.2 Å². The van der Waals surface area contributed by atoms with Crippen LogP contribution in [0.5, 0.6) is 0 Å². The van der Waals surface area contributed by atoms with Gasteiger partial charge in [-0.15, -0.1) is 0 Å². The number of benzene rings is 2. The van der Waals surface area contributed by atoms with Gasteiger partial charge in [-0.3, -0.25) is 14.4 Å². The summed E-state index contributed by atoms with van der Waals surface area (Å²) in [7, 11) is 0. The summed E-state index contributed by atoms with van der Waals surface area (Å²) < 4.78 is 6.57. The monoisotopic (exact) mass is 638 g/mol. The van der Waals surface area contributed by atoms with Crippen LogP contribution in [0, 0.1) is 31.6 Å². The van der Waals surface area contributed by atoms with Gasteiger partial charge in [-0.1, -0.05) is 67.8 Å². The molecule has 8 heteroatoms. The van der Waals surface area contributed by atoms with Gasteiger partial charge in [-0.05, 0) is 107 Å². The summed E-state index contributed by atoms with van der Waals surface area (Å²) in [4.78, 5) is 46.6. The van der Waals surface area contributed by atoms with Crippen LogP contribution in [0.1, 0.15) is 68.1 Å². The molecule has 47 heavy (non-hydrogen) atoms. The molecule has 8 nitrogen and oxygen atoms in total. The standard InChI is InChI=1S/C39H50N4O4/c1-26-14-15-31(24-27(26)2)41-36(44)33-32-16-19-39(47-32)34(33)38(46)43(35(39)37(45)40-30-12-7-4-8-13-30)21-9-20-42-22-17-29(18-23-42)25-28-10-5-3-6-11-28/h3,5-6,10-11,14-16,19,24,29-30,32-35H,4,7-9,12-13,17-18,20-23,25H2,1-2H3,(H,40,45)(H,41,44). The lowest BCUT2D eigenvalue weighted by Gasteiger charge is -2.35. The van der Waals surface area contributed by atoms with Gasteiger partial charge >= 0.3 is 0 Å². The van der Waals surface area contributed by atoms with E-state index in [1.54, 1.807) is 4.90 Å². The summed E-state index contributed by atoms with van der Waals surface area (Å²) >= 11 is 0. The first-order valence-corrected chi connectivity index (χ1v) is 17.9. The van der Waals surface area contributed by atoms with Crippen molar-refractivity contribution in [3.63, 3.8) is 0 Å². The average molecular weight is 639 g/mol. The number of anilines is 1. The highest BCUT2D eigenvalue weighted by atomic mass is 16.5. The lowest BCUT2D eigenvalue weighted by Crippen LogP contribution is -2.56. The number of nitrogens with one attached hydrogen (secondary N) is 2. The Labute approximate surface area is 279 Å². The van der Waals surface area contributed by atoms with E-state index in [9.17, 15) is 14.4 Å². The van der Waals surface area contributed by atoms with Gasteiger partial charge in [0.1, 0.15) is 11.6 Å². The van der Waals surface area contributed by atoms with Gasteiger partial charge in [0.25, 0.3) is 0 Å². The Balaban J connectivity index is 1.04. The van der Waals surface area contributed by atoms with Crippen LogP contribution in [-0.4, -0.2) is 77.5 Å².